The molecule has 3 N–H and O–H groups in total. The standard InChI is InChI=1S/C10H16N4O/c1-7-2-3-11-9(7)10(15)12-4-8-5-13-14-6-8/h5-7,9,11H,2-4H2,1H3,(H,12,15)(H,13,14). The first-order valence-electron chi connectivity index (χ1n) is 5.26. The first kappa shape index (κ1) is 10.2. The van der Waals surface area contributed by atoms with Gasteiger partial charge in [-0.2, -0.15) is 5.10 Å². The van der Waals surface area contributed by atoms with Crippen LogP contribution in [0.25, 0.3) is 0 Å². The highest BCUT2D eigenvalue weighted by molar-refractivity contribution is 5.82. The maximum absolute atomic E-state index is 11.7. The van der Waals surface area contributed by atoms with E-state index in [1.54, 1.807) is 12.4 Å². The number of nitrogens with zero attached hydrogens (tertiary/aromatic N) is 1. The summed E-state index contributed by atoms with van der Waals surface area (Å²) < 4.78 is 0. The second-order valence-corrected chi connectivity index (χ2v) is 4.02. The fourth-order valence-electron chi connectivity index (χ4n) is 1.86. The Morgan fingerprint density at radius 1 is 1.73 bits per heavy atom. The summed E-state index contributed by atoms with van der Waals surface area (Å²) >= 11 is 0. The van der Waals surface area contributed by atoms with Crippen molar-refractivity contribution in [2.24, 2.45) is 5.92 Å². The molecule has 0 aliphatic carbocycles. The number of H-pyrrole nitrogens is 1. The van der Waals surface area contributed by atoms with E-state index in [4.69, 9.17) is 0 Å². The summed E-state index contributed by atoms with van der Waals surface area (Å²) in [5.74, 6) is 0.510. The first-order chi connectivity index (χ1) is 7.27. The Hall–Kier alpha value is -1.36. The third-order valence-electron chi connectivity index (χ3n) is 2.84. The van der Waals surface area contributed by atoms with Gasteiger partial charge >= 0.3 is 0 Å². The summed E-state index contributed by atoms with van der Waals surface area (Å²) in [6.07, 6.45) is 4.57. The van der Waals surface area contributed by atoms with Gasteiger partial charge in [-0.25, -0.2) is 0 Å². The number of rotatable bonds is 3. The normalized spacial score (nSPS) is 25.4. The molecule has 1 amide bonds. The number of carbonyl (C=O) groups excluding carboxylic acids is 1. The van der Waals surface area contributed by atoms with Crippen LogP contribution in [0.3, 0.4) is 0 Å². The molecule has 0 radical (unpaired) electrons. The molecule has 0 aromatic carbocycles. The number of carbonyl (C=O) groups is 1. The van der Waals surface area contributed by atoms with Crippen molar-refractivity contribution >= 4 is 5.91 Å². The smallest absolute Gasteiger partial charge is 0.237 e. The second-order valence-electron chi connectivity index (χ2n) is 4.02. The van der Waals surface area contributed by atoms with Crippen molar-refractivity contribution in [1.29, 1.82) is 0 Å². The molecule has 2 heterocycles. The maximum atomic E-state index is 11.7. The lowest BCUT2D eigenvalue weighted by Gasteiger charge is -2.14. The minimum Gasteiger partial charge on any atom is -0.351 e. The third kappa shape index (κ3) is 2.36. The molecular weight excluding hydrogens is 192 g/mol. The largest absolute Gasteiger partial charge is 0.351 e. The van der Waals surface area contributed by atoms with Crippen LogP contribution >= 0.6 is 0 Å². The fraction of sp³-hybridized carbons (Fsp3) is 0.600. The van der Waals surface area contributed by atoms with Crippen molar-refractivity contribution < 1.29 is 4.79 Å². The molecule has 15 heavy (non-hydrogen) atoms. The molecule has 1 saturated heterocycles. The molecule has 0 bridgehead atoms. The van der Waals surface area contributed by atoms with Crippen LogP contribution in [0.2, 0.25) is 0 Å². The predicted molar refractivity (Wildman–Crippen MR) is 56.0 cm³/mol. The van der Waals surface area contributed by atoms with E-state index in [1.807, 2.05) is 0 Å². The second kappa shape index (κ2) is 4.44. The van der Waals surface area contributed by atoms with E-state index < -0.39 is 0 Å². The number of hydrogen-bond acceptors (Lipinski definition) is 3. The number of amides is 1. The van der Waals surface area contributed by atoms with Crippen LogP contribution in [0.5, 0.6) is 0 Å². The monoisotopic (exact) mass is 208 g/mol. The molecule has 2 unspecified atom stereocenters. The van der Waals surface area contributed by atoms with Crippen molar-refractivity contribution in [2.45, 2.75) is 25.9 Å². The Kier molecular flexibility index (Phi) is 3.01. The topological polar surface area (TPSA) is 69.8 Å². The lowest BCUT2D eigenvalue weighted by atomic mass is 10.0. The van der Waals surface area contributed by atoms with E-state index in [0.717, 1.165) is 18.5 Å². The van der Waals surface area contributed by atoms with E-state index in [2.05, 4.69) is 27.8 Å². The van der Waals surface area contributed by atoms with Crippen LogP contribution < -0.4 is 10.6 Å². The van der Waals surface area contributed by atoms with Crippen LogP contribution in [0.15, 0.2) is 12.4 Å². The van der Waals surface area contributed by atoms with Gasteiger partial charge in [0, 0.05) is 18.3 Å². The Morgan fingerprint density at radius 2 is 2.60 bits per heavy atom. The average molecular weight is 208 g/mol. The number of aromatic nitrogens is 2. The highest BCUT2D eigenvalue weighted by Gasteiger charge is 2.28. The van der Waals surface area contributed by atoms with Gasteiger partial charge in [0.1, 0.15) is 0 Å². The minimum absolute atomic E-state index is 0.0306. The van der Waals surface area contributed by atoms with E-state index in [0.29, 0.717) is 12.5 Å². The van der Waals surface area contributed by atoms with Gasteiger partial charge in [0.05, 0.1) is 12.2 Å². The van der Waals surface area contributed by atoms with Crippen LogP contribution in [0.1, 0.15) is 18.9 Å². The third-order valence-corrected chi connectivity index (χ3v) is 2.84. The molecule has 2 rings (SSSR count). The van der Waals surface area contributed by atoms with E-state index in [9.17, 15) is 4.79 Å². The molecule has 1 aliphatic heterocycles. The zero-order valence-electron chi connectivity index (χ0n) is 8.79. The van der Waals surface area contributed by atoms with Gasteiger partial charge < -0.3 is 10.6 Å². The Morgan fingerprint density at radius 3 is 3.20 bits per heavy atom. The van der Waals surface area contributed by atoms with Crippen molar-refractivity contribution in [1.82, 2.24) is 20.8 Å². The minimum atomic E-state index is -0.0306. The molecule has 2 atom stereocenters. The highest BCUT2D eigenvalue weighted by Crippen LogP contribution is 2.14. The summed E-state index contributed by atoms with van der Waals surface area (Å²) in [4.78, 5) is 11.7. The van der Waals surface area contributed by atoms with Crippen LogP contribution in [0, 0.1) is 5.92 Å². The van der Waals surface area contributed by atoms with Gasteiger partial charge in [-0.15, -0.1) is 0 Å². The first-order valence-corrected chi connectivity index (χ1v) is 5.26. The summed E-state index contributed by atoms with van der Waals surface area (Å²) in [6.45, 7) is 3.58. The molecule has 1 aromatic rings. The van der Waals surface area contributed by atoms with Gasteiger partial charge in [0.2, 0.25) is 5.91 Å². The Balaban J connectivity index is 1.82. The summed E-state index contributed by atoms with van der Waals surface area (Å²) in [5.41, 5.74) is 0.994. The molecule has 0 spiro atoms. The lowest BCUT2D eigenvalue weighted by molar-refractivity contribution is -0.123. The molecule has 5 nitrogen and oxygen atoms in total. The van der Waals surface area contributed by atoms with Gasteiger partial charge in [-0.1, -0.05) is 6.92 Å². The van der Waals surface area contributed by atoms with Gasteiger partial charge in [0.25, 0.3) is 0 Å². The molecule has 5 heteroatoms. The molecule has 82 valence electrons. The number of aromatic amines is 1. The van der Waals surface area contributed by atoms with Crippen LogP contribution in [-0.2, 0) is 11.3 Å². The summed E-state index contributed by atoms with van der Waals surface area (Å²) in [7, 11) is 0. The highest BCUT2D eigenvalue weighted by atomic mass is 16.2. The van der Waals surface area contributed by atoms with Crippen LogP contribution in [0.4, 0.5) is 0 Å². The predicted octanol–water partition coefficient (Wildman–Crippen LogP) is 0.0239. The number of nitrogens with one attached hydrogen (secondary N) is 3. The maximum Gasteiger partial charge on any atom is 0.237 e. The van der Waals surface area contributed by atoms with E-state index in [-0.39, 0.29) is 11.9 Å². The van der Waals surface area contributed by atoms with Crippen molar-refractivity contribution in [2.75, 3.05) is 6.54 Å². The summed E-state index contributed by atoms with van der Waals surface area (Å²) in [6, 6.07) is -0.0306. The lowest BCUT2D eigenvalue weighted by Crippen LogP contribution is -2.42. The fourth-order valence-corrected chi connectivity index (χ4v) is 1.86. The van der Waals surface area contributed by atoms with E-state index >= 15 is 0 Å². The zero-order chi connectivity index (χ0) is 10.7. The molecule has 0 saturated carbocycles. The quantitative estimate of drug-likeness (QED) is 0.656. The van der Waals surface area contributed by atoms with Crippen molar-refractivity contribution in [3.8, 4) is 0 Å². The summed E-state index contributed by atoms with van der Waals surface area (Å²) in [5, 5.41) is 12.6. The molecule has 1 aliphatic rings. The number of hydrogen-bond donors (Lipinski definition) is 3. The van der Waals surface area contributed by atoms with Crippen LogP contribution in [-0.4, -0.2) is 28.7 Å². The van der Waals surface area contributed by atoms with Gasteiger partial charge in [0.15, 0.2) is 0 Å². The molecule has 1 aromatic heterocycles. The van der Waals surface area contributed by atoms with Gasteiger partial charge in [-0.05, 0) is 18.9 Å². The Labute approximate surface area is 88.6 Å². The molecular formula is C10H16N4O. The van der Waals surface area contributed by atoms with E-state index in [1.165, 1.54) is 0 Å². The SMILES string of the molecule is CC1CCNC1C(=O)NCc1cn[nH]c1. The zero-order valence-corrected chi connectivity index (χ0v) is 8.79. The Bertz CT molecular complexity index is 322. The van der Waals surface area contributed by atoms with Crippen molar-refractivity contribution in [3.05, 3.63) is 18.0 Å². The molecule has 1 fully saturated rings. The van der Waals surface area contributed by atoms with Gasteiger partial charge in [-0.3, -0.25) is 9.89 Å². The average Bonchev–Trinajstić information content (AvgIpc) is 2.84. The van der Waals surface area contributed by atoms with Crippen molar-refractivity contribution in [3.63, 3.8) is 0 Å².